The molecule has 1 unspecified atom stereocenters. The number of carbonyl (C=O) groups is 2. The SMILES string of the molecule is C=C1C[C@@H]2[C@H](CC[C@]3(C)C(=O)CC[C@@H]23)[C@@]2(C)C=CC(=O)C=C12.C=C1[C@H](O)CC(=C/C=C2\CCC[C@]3(C)C([C@@H](C)CCCC(C)(C)O)CC[C@@H]23)C[C@H]1O. The van der Waals surface area contributed by atoms with Gasteiger partial charge >= 0.3 is 0 Å². The van der Waals surface area contributed by atoms with Gasteiger partial charge in [-0.2, -0.15) is 0 Å². The average Bonchev–Trinajstić information content (AvgIpc) is 3.59. The fraction of sp³-hybridized carbons (Fsp3) is 0.702. The van der Waals surface area contributed by atoms with Gasteiger partial charge in [0, 0.05) is 17.3 Å². The monoisotopic (exact) mass is 713 g/mol. The molecule has 0 bridgehead atoms. The number of aliphatic hydroxyl groups is 3. The first-order valence-electron chi connectivity index (χ1n) is 20.7. The summed E-state index contributed by atoms with van der Waals surface area (Å²) in [5.41, 5.74) is 5.20. The summed E-state index contributed by atoms with van der Waals surface area (Å²) < 4.78 is 0. The molecular weight excluding hydrogens is 645 g/mol. The molecular formula is C47H68O5. The van der Waals surface area contributed by atoms with E-state index in [-0.39, 0.29) is 16.6 Å². The van der Waals surface area contributed by atoms with Crippen molar-refractivity contribution in [3.05, 3.63) is 71.4 Å². The van der Waals surface area contributed by atoms with Crippen LogP contribution >= 0.6 is 0 Å². The molecule has 7 aliphatic rings. The van der Waals surface area contributed by atoms with Crippen molar-refractivity contribution in [3.8, 4) is 0 Å². The van der Waals surface area contributed by atoms with E-state index in [0.29, 0.717) is 59.2 Å². The van der Waals surface area contributed by atoms with Crippen molar-refractivity contribution in [2.24, 2.45) is 51.8 Å². The van der Waals surface area contributed by atoms with Gasteiger partial charge < -0.3 is 15.3 Å². The molecule has 5 heteroatoms. The van der Waals surface area contributed by atoms with Crippen LogP contribution in [0.15, 0.2) is 71.4 Å². The highest BCUT2D eigenvalue weighted by Gasteiger charge is 2.59. The van der Waals surface area contributed by atoms with Crippen LogP contribution < -0.4 is 0 Å². The highest BCUT2D eigenvalue weighted by molar-refractivity contribution is 6.02. The molecule has 0 aromatic heterocycles. The van der Waals surface area contributed by atoms with Crippen molar-refractivity contribution in [1.29, 1.82) is 0 Å². The summed E-state index contributed by atoms with van der Waals surface area (Å²) in [7, 11) is 0. The molecule has 7 aliphatic carbocycles. The van der Waals surface area contributed by atoms with Gasteiger partial charge in [0.1, 0.15) is 5.78 Å². The highest BCUT2D eigenvalue weighted by Crippen LogP contribution is 2.64. The lowest BCUT2D eigenvalue weighted by molar-refractivity contribution is -0.131. The van der Waals surface area contributed by atoms with Gasteiger partial charge in [0.25, 0.3) is 0 Å². The van der Waals surface area contributed by atoms with Crippen molar-refractivity contribution >= 4 is 11.6 Å². The first kappa shape index (κ1) is 39.4. The summed E-state index contributed by atoms with van der Waals surface area (Å²) in [6.07, 6.45) is 24.5. The Morgan fingerprint density at radius 3 is 2.35 bits per heavy atom. The largest absolute Gasteiger partial charge is 0.390 e. The molecule has 0 heterocycles. The molecule has 6 fully saturated rings. The molecule has 5 nitrogen and oxygen atoms in total. The van der Waals surface area contributed by atoms with E-state index in [1.807, 2.05) is 13.8 Å². The quantitative estimate of drug-likeness (QED) is 0.239. The van der Waals surface area contributed by atoms with Crippen LogP contribution in [0, 0.1) is 51.8 Å². The van der Waals surface area contributed by atoms with Crippen molar-refractivity contribution in [2.45, 2.75) is 156 Å². The summed E-state index contributed by atoms with van der Waals surface area (Å²) >= 11 is 0. The number of aliphatic hydroxyl groups excluding tert-OH is 2. The normalized spacial score (nSPS) is 41.4. The van der Waals surface area contributed by atoms with Gasteiger partial charge in [0.2, 0.25) is 0 Å². The summed E-state index contributed by atoms with van der Waals surface area (Å²) in [4.78, 5) is 24.2. The van der Waals surface area contributed by atoms with Crippen molar-refractivity contribution in [1.82, 2.24) is 0 Å². The first-order valence-corrected chi connectivity index (χ1v) is 20.7. The zero-order chi connectivity index (χ0) is 37.8. The van der Waals surface area contributed by atoms with Crippen molar-refractivity contribution in [2.75, 3.05) is 0 Å². The number of carbonyl (C=O) groups excluding carboxylic acids is 2. The molecule has 6 saturated carbocycles. The van der Waals surface area contributed by atoms with Gasteiger partial charge in [0.05, 0.1) is 17.8 Å². The van der Waals surface area contributed by atoms with Gasteiger partial charge in [-0.05, 0) is 155 Å². The van der Waals surface area contributed by atoms with E-state index in [1.54, 1.807) is 17.7 Å². The number of Topliss-reactive ketones (excluding diaryl/α,β-unsaturated/α-hetero) is 1. The molecule has 11 atom stereocenters. The van der Waals surface area contributed by atoms with Crippen LogP contribution in [0.25, 0.3) is 0 Å². The van der Waals surface area contributed by atoms with Crippen LogP contribution in [0.5, 0.6) is 0 Å². The molecule has 52 heavy (non-hydrogen) atoms. The topological polar surface area (TPSA) is 94.8 Å². The van der Waals surface area contributed by atoms with E-state index in [2.05, 4.69) is 59.1 Å². The number of hydrogen-bond donors (Lipinski definition) is 3. The Bertz CT molecular complexity index is 1550. The molecule has 0 aromatic carbocycles. The minimum Gasteiger partial charge on any atom is -0.390 e. The van der Waals surface area contributed by atoms with Crippen molar-refractivity contribution < 1.29 is 24.9 Å². The third-order valence-electron chi connectivity index (χ3n) is 15.7. The Morgan fingerprint density at radius 1 is 0.942 bits per heavy atom. The Kier molecular flexibility index (Phi) is 11.1. The second-order valence-corrected chi connectivity index (χ2v) is 19.5. The van der Waals surface area contributed by atoms with Gasteiger partial charge in [-0.3, -0.25) is 9.59 Å². The maximum absolute atomic E-state index is 12.4. The van der Waals surface area contributed by atoms with E-state index < -0.39 is 17.8 Å². The van der Waals surface area contributed by atoms with Crippen LogP contribution in [0.4, 0.5) is 0 Å². The Morgan fingerprint density at radius 2 is 1.65 bits per heavy atom. The summed E-state index contributed by atoms with van der Waals surface area (Å²) in [5.74, 6) is 4.27. The Balaban J connectivity index is 0.000000186. The van der Waals surface area contributed by atoms with Crippen LogP contribution in [-0.4, -0.2) is 44.7 Å². The predicted octanol–water partition coefficient (Wildman–Crippen LogP) is 9.73. The smallest absolute Gasteiger partial charge is 0.178 e. The average molecular weight is 713 g/mol. The Hall–Kier alpha value is -2.34. The maximum Gasteiger partial charge on any atom is 0.178 e. The van der Waals surface area contributed by atoms with Gasteiger partial charge in [-0.15, -0.1) is 0 Å². The van der Waals surface area contributed by atoms with E-state index in [4.69, 9.17) is 0 Å². The lowest BCUT2D eigenvalue weighted by Crippen LogP contribution is -2.50. The number of ketones is 2. The minimum absolute atomic E-state index is 0.0686. The third-order valence-corrected chi connectivity index (χ3v) is 15.7. The van der Waals surface area contributed by atoms with E-state index in [9.17, 15) is 24.9 Å². The molecule has 3 N–H and O–H groups in total. The molecule has 0 amide bonds. The summed E-state index contributed by atoms with van der Waals surface area (Å²) in [6.45, 7) is 21.4. The second kappa shape index (κ2) is 14.7. The molecule has 0 radical (unpaired) electrons. The van der Waals surface area contributed by atoms with E-state index in [0.717, 1.165) is 67.6 Å². The van der Waals surface area contributed by atoms with Crippen LogP contribution in [0.2, 0.25) is 0 Å². The lowest BCUT2D eigenvalue weighted by Gasteiger charge is -2.56. The fourth-order valence-corrected chi connectivity index (χ4v) is 12.7. The van der Waals surface area contributed by atoms with Gasteiger partial charge in [0.15, 0.2) is 5.78 Å². The highest BCUT2D eigenvalue weighted by atomic mass is 16.3. The van der Waals surface area contributed by atoms with Crippen LogP contribution in [0.3, 0.4) is 0 Å². The second-order valence-electron chi connectivity index (χ2n) is 19.5. The number of rotatable bonds is 6. The standard InChI is InChI=1S/C27H44O3.C20H24O2/c1-18(8-6-14-26(3,4)30)22-12-13-23-21(9-7-15-27(22,23)5)11-10-20-16-24(28)19(2)25(29)17-20;1-12-10-14-15-4-5-18(22)20(15,3)9-7-16(14)19(2)8-6-13(21)11-17(12)19/h10-11,18,22-25,28-30H,2,6-9,12-17H2,1,3-5H3;6,8,11,14-16H,1,4-5,7,9-10H2,2-3H3/b21-11+;/t18-,22?,23-,24+,25+,27+;14-,15-,16-,19+,20-/m00/s1. The minimum atomic E-state index is -0.615. The zero-order valence-corrected chi connectivity index (χ0v) is 33.2. The molecule has 0 saturated heterocycles. The molecule has 286 valence electrons. The number of hydrogen-bond acceptors (Lipinski definition) is 5. The summed E-state index contributed by atoms with van der Waals surface area (Å²) in [5, 5.41) is 30.3. The number of fused-ring (bicyclic) bond motifs is 6. The third kappa shape index (κ3) is 7.37. The van der Waals surface area contributed by atoms with Crippen molar-refractivity contribution in [3.63, 3.8) is 0 Å². The maximum atomic E-state index is 12.4. The zero-order valence-electron chi connectivity index (χ0n) is 33.2. The molecule has 0 spiro atoms. The van der Waals surface area contributed by atoms with E-state index in [1.165, 1.54) is 38.5 Å². The molecule has 0 aromatic rings. The first-order chi connectivity index (χ1) is 24.4. The molecule has 7 rings (SSSR count). The van der Waals surface area contributed by atoms with E-state index >= 15 is 0 Å². The predicted molar refractivity (Wildman–Crippen MR) is 210 cm³/mol. The number of allylic oxidation sites excluding steroid dienone is 8. The van der Waals surface area contributed by atoms with Gasteiger partial charge in [-0.25, -0.2) is 0 Å². The fourth-order valence-electron chi connectivity index (χ4n) is 12.7. The lowest BCUT2D eigenvalue weighted by atomic mass is 9.48. The van der Waals surface area contributed by atoms with Crippen LogP contribution in [-0.2, 0) is 9.59 Å². The summed E-state index contributed by atoms with van der Waals surface area (Å²) in [6, 6.07) is 0. The van der Waals surface area contributed by atoms with Crippen LogP contribution in [0.1, 0.15) is 138 Å². The Labute approximate surface area is 314 Å². The van der Waals surface area contributed by atoms with Gasteiger partial charge in [-0.1, -0.05) is 88.6 Å². The molecule has 0 aliphatic heterocycles.